The standard InChI is InChI=1S/C73H130O16P2/c1-4-7-10-13-16-19-22-25-27-28-29-30-31-32-33-34-35-36-37-38-40-43-44-47-50-53-56-59-71(76)83-62-68(74)63-85-90(79,80)86-64-69(75)65-87-91(81,82)88-67-70(89-73(78)61-58-55-52-49-46-41-24-21-18-15-12-9-6-3)66-84-72(77)60-57-54-51-48-45-42-39-26-23-20-17-14-11-8-5-2/h7,10,16,19,21,24-27,29-30,32-33,39,68-70,74-75H,4-6,8-9,11-15,17-18,20,22-23,28,31,34-38,40-67H2,1-3H3,(H,79,80)(H,81,82)/b10-7-,19-16-,24-21-,27-25-,30-29-,33-32-,39-26-. The number of carbonyl (C=O) groups excluding carboxylic acids is 3. The summed E-state index contributed by atoms with van der Waals surface area (Å²) in [6.07, 6.45) is 72.1. The Morgan fingerprint density at radius 3 is 0.945 bits per heavy atom. The molecule has 0 saturated heterocycles. The van der Waals surface area contributed by atoms with E-state index < -0.39 is 91.5 Å². The van der Waals surface area contributed by atoms with Gasteiger partial charge in [0.25, 0.3) is 0 Å². The molecule has 0 amide bonds. The maximum atomic E-state index is 12.9. The highest BCUT2D eigenvalue weighted by Gasteiger charge is 2.29. The lowest BCUT2D eigenvalue weighted by molar-refractivity contribution is -0.161. The lowest BCUT2D eigenvalue weighted by Gasteiger charge is -2.21. The Hall–Kier alpha value is -3.27. The van der Waals surface area contributed by atoms with Crippen molar-refractivity contribution in [3.05, 3.63) is 85.1 Å². The van der Waals surface area contributed by atoms with Gasteiger partial charge in [0.15, 0.2) is 6.10 Å². The van der Waals surface area contributed by atoms with Crippen LogP contribution in [0, 0.1) is 0 Å². The lowest BCUT2D eigenvalue weighted by Crippen LogP contribution is -2.30. The molecule has 0 aliphatic heterocycles. The first-order valence-electron chi connectivity index (χ1n) is 35.9. The first-order chi connectivity index (χ1) is 44.2. The van der Waals surface area contributed by atoms with E-state index in [1.807, 2.05) is 0 Å². The fourth-order valence-electron chi connectivity index (χ4n) is 9.59. The third-order valence-electron chi connectivity index (χ3n) is 15.1. The minimum atomic E-state index is -4.92. The summed E-state index contributed by atoms with van der Waals surface area (Å²) in [5, 5.41) is 20.6. The van der Waals surface area contributed by atoms with Crippen LogP contribution in [-0.2, 0) is 55.8 Å². The van der Waals surface area contributed by atoms with E-state index in [-0.39, 0.29) is 19.3 Å². The summed E-state index contributed by atoms with van der Waals surface area (Å²) in [4.78, 5) is 58.4. The fourth-order valence-corrected chi connectivity index (χ4v) is 11.2. The molecule has 16 nitrogen and oxygen atoms in total. The first kappa shape index (κ1) is 87.7. The van der Waals surface area contributed by atoms with Crippen LogP contribution < -0.4 is 0 Å². The van der Waals surface area contributed by atoms with Crippen molar-refractivity contribution in [3.63, 3.8) is 0 Å². The molecule has 5 atom stereocenters. The van der Waals surface area contributed by atoms with Crippen molar-refractivity contribution in [2.75, 3.05) is 39.6 Å². The summed E-state index contributed by atoms with van der Waals surface area (Å²) >= 11 is 0. The van der Waals surface area contributed by atoms with E-state index in [2.05, 4.69) is 106 Å². The lowest BCUT2D eigenvalue weighted by atomic mass is 10.0. The molecular formula is C73H130O16P2. The zero-order valence-electron chi connectivity index (χ0n) is 57.3. The number of phosphoric acid groups is 2. The van der Waals surface area contributed by atoms with E-state index in [1.54, 1.807) is 0 Å². The Morgan fingerprint density at radius 2 is 0.582 bits per heavy atom. The van der Waals surface area contributed by atoms with Crippen molar-refractivity contribution in [2.45, 2.75) is 322 Å². The monoisotopic (exact) mass is 1320 g/mol. The van der Waals surface area contributed by atoms with E-state index in [0.29, 0.717) is 19.3 Å². The van der Waals surface area contributed by atoms with Crippen molar-refractivity contribution in [3.8, 4) is 0 Å². The molecule has 528 valence electrons. The molecule has 5 unspecified atom stereocenters. The molecule has 0 radical (unpaired) electrons. The molecule has 0 bridgehead atoms. The summed E-state index contributed by atoms with van der Waals surface area (Å²) in [5.41, 5.74) is 0. The Balaban J connectivity index is 4.48. The number of esters is 3. The van der Waals surface area contributed by atoms with Crippen LogP contribution in [0.4, 0.5) is 0 Å². The fraction of sp³-hybridized carbons (Fsp3) is 0.767. The predicted octanol–water partition coefficient (Wildman–Crippen LogP) is 20.1. The van der Waals surface area contributed by atoms with Crippen LogP contribution in [0.5, 0.6) is 0 Å². The molecule has 0 aliphatic carbocycles. The molecule has 91 heavy (non-hydrogen) atoms. The van der Waals surface area contributed by atoms with Crippen molar-refractivity contribution < 1.29 is 75.8 Å². The molecule has 0 aromatic heterocycles. The van der Waals surface area contributed by atoms with Gasteiger partial charge in [-0.25, -0.2) is 9.13 Å². The number of aliphatic hydroxyl groups is 2. The van der Waals surface area contributed by atoms with E-state index in [1.165, 1.54) is 109 Å². The smallest absolute Gasteiger partial charge is 0.463 e. The van der Waals surface area contributed by atoms with Crippen molar-refractivity contribution in [1.82, 2.24) is 0 Å². The number of rotatable bonds is 68. The summed E-state index contributed by atoms with van der Waals surface area (Å²) in [6, 6.07) is 0. The molecule has 0 aromatic carbocycles. The van der Waals surface area contributed by atoms with Crippen LogP contribution in [-0.4, -0.2) is 95.9 Å². The number of hydrogen-bond acceptors (Lipinski definition) is 14. The summed E-state index contributed by atoms with van der Waals surface area (Å²) in [5.74, 6) is -1.59. The molecule has 0 heterocycles. The third-order valence-corrected chi connectivity index (χ3v) is 17.0. The SMILES string of the molecule is CC/C=C\C/C=C\C/C=C\C/C=C\C/C=C\CCCCCCCCCCCCCC(=O)OCC(O)COP(=O)(O)OCC(O)COP(=O)(O)OCC(COC(=O)CCCCCCC/C=C\CCCCCCCC)OC(=O)CCCCCCC/C=C\CCCCCC. The number of aliphatic hydroxyl groups excluding tert-OH is 2. The Morgan fingerprint density at radius 1 is 0.319 bits per heavy atom. The number of hydrogen-bond donors (Lipinski definition) is 4. The van der Waals surface area contributed by atoms with Crippen molar-refractivity contribution >= 4 is 33.6 Å². The topological polar surface area (TPSA) is 231 Å². The maximum absolute atomic E-state index is 12.9. The Labute approximate surface area is 553 Å². The van der Waals surface area contributed by atoms with Gasteiger partial charge in [0.2, 0.25) is 0 Å². The van der Waals surface area contributed by atoms with Gasteiger partial charge in [-0.15, -0.1) is 0 Å². The van der Waals surface area contributed by atoms with Gasteiger partial charge in [-0.3, -0.25) is 32.5 Å². The largest absolute Gasteiger partial charge is 0.472 e. The molecule has 0 aliphatic rings. The molecular weight excluding hydrogens is 1190 g/mol. The van der Waals surface area contributed by atoms with E-state index in [4.69, 9.17) is 32.3 Å². The molecule has 18 heteroatoms. The minimum absolute atomic E-state index is 0.0950. The second kappa shape index (κ2) is 66.7. The zero-order chi connectivity index (χ0) is 66.7. The summed E-state index contributed by atoms with van der Waals surface area (Å²) < 4.78 is 60.9. The average molecular weight is 1330 g/mol. The van der Waals surface area contributed by atoms with Gasteiger partial charge in [0.05, 0.1) is 26.4 Å². The predicted molar refractivity (Wildman–Crippen MR) is 371 cm³/mol. The quantitative estimate of drug-likeness (QED) is 0.0146. The minimum Gasteiger partial charge on any atom is -0.463 e. The van der Waals surface area contributed by atoms with Crippen LogP contribution >= 0.6 is 15.6 Å². The molecule has 4 N–H and O–H groups in total. The van der Waals surface area contributed by atoms with Crippen LogP contribution in [0.3, 0.4) is 0 Å². The van der Waals surface area contributed by atoms with Crippen LogP contribution in [0.15, 0.2) is 85.1 Å². The normalized spacial score (nSPS) is 14.7. The van der Waals surface area contributed by atoms with Gasteiger partial charge < -0.3 is 34.2 Å². The van der Waals surface area contributed by atoms with Crippen molar-refractivity contribution in [2.24, 2.45) is 0 Å². The highest BCUT2D eigenvalue weighted by atomic mass is 31.2. The van der Waals surface area contributed by atoms with Gasteiger partial charge in [-0.1, -0.05) is 254 Å². The molecule has 0 saturated carbocycles. The van der Waals surface area contributed by atoms with E-state index in [9.17, 15) is 43.5 Å². The van der Waals surface area contributed by atoms with E-state index >= 15 is 0 Å². The van der Waals surface area contributed by atoms with Gasteiger partial charge in [-0.2, -0.15) is 0 Å². The second-order valence-corrected chi connectivity index (χ2v) is 26.9. The van der Waals surface area contributed by atoms with Crippen LogP contribution in [0.25, 0.3) is 0 Å². The molecule has 0 rings (SSSR count). The average Bonchev–Trinajstić information content (AvgIpc) is 3.70. The van der Waals surface area contributed by atoms with Crippen LogP contribution in [0.2, 0.25) is 0 Å². The molecule has 0 aromatic rings. The highest BCUT2D eigenvalue weighted by Crippen LogP contribution is 2.45. The molecule has 0 spiro atoms. The molecule has 0 fully saturated rings. The number of unbranched alkanes of at least 4 members (excludes halogenated alkanes) is 31. The van der Waals surface area contributed by atoms with Gasteiger partial charge in [-0.05, 0) is 116 Å². The Bertz CT molecular complexity index is 2000. The maximum Gasteiger partial charge on any atom is 0.472 e. The van der Waals surface area contributed by atoms with Crippen LogP contribution in [0.1, 0.15) is 303 Å². The van der Waals surface area contributed by atoms with E-state index in [0.717, 1.165) is 135 Å². The highest BCUT2D eigenvalue weighted by molar-refractivity contribution is 7.47. The summed E-state index contributed by atoms with van der Waals surface area (Å²) in [7, 11) is -9.77. The van der Waals surface area contributed by atoms with Gasteiger partial charge >= 0.3 is 33.6 Å². The summed E-state index contributed by atoms with van der Waals surface area (Å²) in [6.45, 7) is 2.53. The van der Waals surface area contributed by atoms with Crippen molar-refractivity contribution in [1.29, 1.82) is 0 Å². The second-order valence-electron chi connectivity index (χ2n) is 24.0. The number of phosphoric ester groups is 2. The number of allylic oxidation sites excluding steroid dienone is 14. The number of carbonyl (C=O) groups is 3. The van der Waals surface area contributed by atoms with Gasteiger partial charge in [0, 0.05) is 19.3 Å². The third kappa shape index (κ3) is 67.9. The number of ether oxygens (including phenoxy) is 3. The van der Waals surface area contributed by atoms with Gasteiger partial charge in [0.1, 0.15) is 25.4 Å². The zero-order valence-corrected chi connectivity index (χ0v) is 59.0. The first-order valence-corrected chi connectivity index (χ1v) is 38.9. The Kier molecular flexibility index (Phi) is 64.3.